The Morgan fingerprint density at radius 3 is 2.81 bits per heavy atom. The SMILES string of the molecule is COc1ccc2cc(C3(CO)CC3)[nH]c2c1. The lowest BCUT2D eigenvalue weighted by Crippen LogP contribution is -2.11. The minimum Gasteiger partial charge on any atom is -0.497 e. The zero-order valence-corrected chi connectivity index (χ0v) is 9.29. The first-order chi connectivity index (χ1) is 7.77. The highest BCUT2D eigenvalue weighted by Crippen LogP contribution is 2.47. The van der Waals surface area contributed by atoms with E-state index in [0.29, 0.717) is 0 Å². The van der Waals surface area contributed by atoms with Crippen LogP contribution in [-0.2, 0) is 5.41 Å². The molecule has 0 aliphatic heterocycles. The zero-order valence-electron chi connectivity index (χ0n) is 9.29. The Morgan fingerprint density at radius 2 is 2.19 bits per heavy atom. The highest BCUT2D eigenvalue weighted by Gasteiger charge is 2.44. The fourth-order valence-corrected chi connectivity index (χ4v) is 2.18. The van der Waals surface area contributed by atoms with Gasteiger partial charge in [-0.2, -0.15) is 0 Å². The first-order valence-corrected chi connectivity index (χ1v) is 5.55. The van der Waals surface area contributed by atoms with E-state index >= 15 is 0 Å². The molecule has 0 unspecified atom stereocenters. The molecular weight excluding hydrogens is 202 g/mol. The maximum atomic E-state index is 9.39. The lowest BCUT2D eigenvalue weighted by Gasteiger charge is -2.07. The first kappa shape index (κ1) is 9.73. The van der Waals surface area contributed by atoms with E-state index in [9.17, 15) is 5.11 Å². The van der Waals surface area contributed by atoms with E-state index in [4.69, 9.17) is 4.74 Å². The highest BCUT2D eigenvalue weighted by molar-refractivity contribution is 5.82. The molecule has 1 aliphatic carbocycles. The molecule has 0 spiro atoms. The van der Waals surface area contributed by atoms with Gasteiger partial charge in [-0.25, -0.2) is 0 Å². The van der Waals surface area contributed by atoms with Crippen LogP contribution in [-0.4, -0.2) is 23.8 Å². The van der Waals surface area contributed by atoms with E-state index in [1.54, 1.807) is 7.11 Å². The van der Waals surface area contributed by atoms with Gasteiger partial charge in [0.1, 0.15) is 5.75 Å². The summed E-state index contributed by atoms with van der Waals surface area (Å²) < 4.78 is 5.19. The molecular formula is C13H15NO2. The summed E-state index contributed by atoms with van der Waals surface area (Å²) in [5.41, 5.74) is 2.24. The number of rotatable bonds is 3. The average molecular weight is 217 g/mol. The Hall–Kier alpha value is -1.48. The average Bonchev–Trinajstić information content (AvgIpc) is 3.01. The van der Waals surface area contributed by atoms with Crippen LogP contribution in [0.15, 0.2) is 24.3 Å². The number of hydrogen-bond donors (Lipinski definition) is 2. The minimum atomic E-state index is 0.00621. The summed E-state index contributed by atoms with van der Waals surface area (Å²) in [7, 11) is 1.67. The number of aromatic nitrogens is 1. The van der Waals surface area contributed by atoms with E-state index < -0.39 is 0 Å². The van der Waals surface area contributed by atoms with Crippen LogP contribution in [0.3, 0.4) is 0 Å². The van der Waals surface area contributed by atoms with Crippen molar-refractivity contribution in [2.24, 2.45) is 0 Å². The maximum Gasteiger partial charge on any atom is 0.120 e. The monoisotopic (exact) mass is 217 g/mol. The number of ether oxygens (including phenoxy) is 1. The van der Waals surface area contributed by atoms with Gasteiger partial charge in [0, 0.05) is 22.7 Å². The Morgan fingerprint density at radius 1 is 1.38 bits per heavy atom. The summed E-state index contributed by atoms with van der Waals surface area (Å²) in [6.07, 6.45) is 2.15. The third-order valence-electron chi connectivity index (χ3n) is 3.56. The fourth-order valence-electron chi connectivity index (χ4n) is 2.18. The molecule has 0 atom stereocenters. The molecule has 1 aromatic heterocycles. The van der Waals surface area contributed by atoms with E-state index in [2.05, 4.69) is 11.1 Å². The van der Waals surface area contributed by atoms with Crippen molar-refractivity contribution in [2.75, 3.05) is 13.7 Å². The van der Waals surface area contributed by atoms with E-state index in [0.717, 1.165) is 29.8 Å². The Kier molecular flexibility index (Phi) is 1.98. The number of aliphatic hydroxyl groups is 1. The maximum absolute atomic E-state index is 9.39. The number of methoxy groups -OCH3 is 1. The van der Waals surface area contributed by atoms with Gasteiger partial charge in [-0.15, -0.1) is 0 Å². The smallest absolute Gasteiger partial charge is 0.120 e. The second kappa shape index (κ2) is 3.25. The van der Waals surface area contributed by atoms with Gasteiger partial charge in [0.2, 0.25) is 0 Å². The van der Waals surface area contributed by atoms with Gasteiger partial charge in [-0.3, -0.25) is 0 Å². The molecule has 1 aromatic carbocycles. The van der Waals surface area contributed by atoms with E-state index in [1.807, 2.05) is 18.2 Å². The lowest BCUT2D eigenvalue weighted by atomic mass is 10.0. The summed E-state index contributed by atoms with van der Waals surface area (Å²) >= 11 is 0. The van der Waals surface area contributed by atoms with Crippen LogP contribution in [0.1, 0.15) is 18.5 Å². The van der Waals surface area contributed by atoms with Gasteiger partial charge < -0.3 is 14.8 Å². The normalized spacial score (nSPS) is 17.6. The number of hydrogen-bond acceptors (Lipinski definition) is 2. The predicted octanol–water partition coefficient (Wildman–Crippen LogP) is 2.20. The summed E-state index contributed by atoms with van der Waals surface area (Å²) in [6.45, 7) is 0.233. The second-order valence-electron chi connectivity index (χ2n) is 4.57. The van der Waals surface area contributed by atoms with Crippen molar-refractivity contribution in [1.82, 2.24) is 4.98 Å². The zero-order chi connectivity index (χ0) is 11.2. The standard InChI is InChI=1S/C13H15NO2/c1-16-10-3-2-9-6-12(14-11(9)7-10)13(8-15)4-5-13/h2-3,6-7,14-15H,4-5,8H2,1H3. The van der Waals surface area contributed by atoms with Crippen molar-refractivity contribution >= 4 is 10.9 Å². The number of benzene rings is 1. The quantitative estimate of drug-likeness (QED) is 0.827. The van der Waals surface area contributed by atoms with E-state index in [1.165, 1.54) is 5.39 Å². The van der Waals surface area contributed by atoms with Crippen molar-refractivity contribution in [2.45, 2.75) is 18.3 Å². The topological polar surface area (TPSA) is 45.2 Å². The Bertz CT molecular complexity index is 526. The van der Waals surface area contributed by atoms with Crippen molar-refractivity contribution < 1.29 is 9.84 Å². The van der Waals surface area contributed by atoms with Crippen LogP contribution >= 0.6 is 0 Å². The van der Waals surface area contributed by atoms with Crippen LogP contribution in [0.4, 0.5) is 0 Å². The molecule has 1 aliphatic rings. The number of H-pyrrole nitrogens is 1. The van der Waals surface area contributed by atoms with Crippen molar-refractivity contribution in [3.8, 4) is 5.75 Å². The third-order valence-corrected chi connectivity index (χ3v) is 3.56. The molecule has 1 saturated carbocycles. The molecule has 16 heavy (non-hydrogen) atoms. The predicted molar refractivity (Wildman–Crippen MR) is 62.8 cm³/mol. The second-order valence-corrected chi connectivity index (χ2v) is 4.57. The summed E-state index contributed by atoms with van der Waals surface area (Å²) in [5.74, 6) is 0.856. The Balaban J connectivity index is 2.09. The van der Waals surface area contributed by atoms with Crippen LogP contribution in [0.25, 0.3) is 10.9 Å². The summed E-state index contributed by atoms with van der Waals surface area (Å²) in [4.78, 5) is 3.38. The molecule has 3 rings (SSSR count). The number of aromatic amines is 1. The van der Waals surface area contributed by atoms with Gasteiger partial charge in [0.05, 0.1) is 13.7 Å². The molecule has 0 saturated heterocycles. The molecule has 0 amide bonds. The van der Waals surface area contributed by atoms with Gasteiger partial charge in [0.25, 0.3) is 0 Å². The molecule has 0 bridgehead atoms. The van der Waals surface area contributed by atoms with Gasteiger partial charge in [0.15, 0.2) is 0 Å². The number of fused-ring (bicyclic) bond motifs is 1. The largest absolute Gasteiger partial charge is 0.497 e. The van der Waals surface area contributed by atoms with Gasteiger partial charge >= 0.3 is 0 Å². The van der Waals surface area contributed by atoms with Crippen LogP contribution in [0.2, 0.25) is 0 Å². The molecule has 1 fully saturated rings. The van der Waals surface area contributed by atoms with Crippen LogP contribution < -0.4 is 4.74 Å². The third kappa shape index (κ3) is 1.32. The molecule has 3 heteroatoms. The summed E-state index contributed by atoms with van der Waals surface area (Å²) in [5, 5.41) is 10.6. The molecule has 2 N–H and O–H groups in total. The van der Waals surface area contributed by atoms with Gasteiger partial charge in [-0.05, 0) is 36.4 Å². The molecule has 3 nitrogen and oxygen atoms in total. The number of aliphatic hydroxyl groups excluding tert-OH is 1. The van der Waals surface area contributed by atoms with Gasteiger partial charge in [-0.1, -0.05) is 0 Å². The van der Waals surface area contributed by atoms with Crippen molar-refractivity contribution in [3.63, 3.8) is 0 Å². The van der Waals surface area contributed by atoms with Crippen molar-refractivity contribution in [3.05, 3.63) is 30.0 Å². The molecule has 2 aromatic rings. The molecule has 0 radical (unpaired) electrons. The lowest BCUT2D eigenvalue weighted by molar-refractivity contribution is 0.253. The van der Waals surface area contributed by atoms with E-state index in [-0.39, 0.29) is 12.0 Å². The Labute approximate surface area is 94.0 Å². The molecule has 84 valence electrons. The van der Waals surface area contributed by atoms with Crippen molar-refractivity contribution in [1.29, 1.82) is 0 Å². The van der Waals surface area contributed by atoms with Crippen LogP contribution in [0, 0.1) is 0 Å². The fraction of sp³-hybridized carbons (Fsp3) is 0.385. The number of nitrogens with one attached hydrogen (secondary N) is 1. The first-order valence-electron chi connectivity index (χ1n) is 5.55. The summed E-state index contributed by atoms with van der Waals surface area (Å²) in [6, 6.07) is 8.13. The minimum absolute atomic E-state index is 0.00621. The molecule has 1 heterocycles. The van der Waals surface area contributed by atoms with Crippen LogP contribution in [0.5, 0.6) is 5.75 Å². The highest BCUT2D eigenvalue weighted by atomic mass is 16.5.